The number of amides is 2. The Labute approximate surface area is 252 Å². The van der Waals surface area contributed by atoms with Crippen molar-refractivity contribution in [3.63, 3.8) is 0 Å². The zero-order valence-corrected chi connectivity index (χ0v) is 24.4. The second kappa shape index (κ2) is 11.3. The number of thiophene rings is 1. The summed E-state index contributed by atoms with van der Waals surface area (Å²) in [5, 5.41) is 8.72. The van der Waals surface area contributed by atoms with E-state index < -0.39 is 17.6 Å². The fourth-order valence-electron chi connectivity index (χ4n) is 6.22. The molecule has 2 aliphatic rings. The smallest absolute Gasteiger partial charge is 0.262 e. The number of hydrogen-bond acceptors (Lipinski definition) is 6. The Kier molecular flexibility index (Phi) is 7.24. The van der Waals surface area contributed by atoms with Gasteiger partial charge in [0.1, 0.15) is 11.6 Å². The van der Waals surface area contributed by atoms with Crippen LogP contribution in [0.15, 0.2) is 67.0 Å². The maximum absolute atomic E-state index is 15.9. The standard InChI is InChI=1S/C33H31FN6O2S/c34-27-16-22(26-19-38-39-15-2-1-5-28(26)39)10-11-24(27)33(42)40(23-4-3-13-36-18-23)32-25-17-30(43-29(25)12-14-37-32)20-6-8-21(9-7-20)31(35)41/h6-12,14,16-17,19,23,36H,1-5,13,15,18H2,(H2,35,41)/t23-/m1/s1. The van der Waals surface area contributed by atoms with Crippen molar-refractivity contribution in [2.75, 3.05) is 18.0 Å². The predicted molar refractivity (Wildman–Crippen MR) is 167 cm³/mol. The van der Waals surface area contributed by atoms with Crippen LogP contribution >= 0.6 is 11.3 Å². The Bertz CT molecular complexity index is 1840. The molecule has 10 heteroatoms. The van der Waals surface area contributed by atoms with E-state index in [1.807, 2.05) is 35.0 Å². The van der Waals surface area contributed by atoms with E-state index >= 15 is 4.39 Å². The molecule has 3 aromatic heterocycles. The first kappa shape index (κ1) is 27.4. The molecule has 0 bridgehead atoms. The van der Waals surface area contributed by atoms with Crippen molar-refractivity contribution in [3.05, 3.63) is 89.6 Å². The molecule has 7 rings (SSSR count). The van der Waals surface area contributed by atoms with E-state index in [1.54, 1.807) is 46.8 Å². The maximum Gasteiger partial charge on any atom is 0.262 e. The number of primary amides is 1. The minimum Gasteiger partial charge on any atom is -0.366 e. The van der Waals surface area contributed by atoms with Crippen LogP contribution in [0.4, 0.5) is 10.2 Å². The highest BCUT2D eigenvalue weighted by Gasteiger charge is 2.32. The second-order valence-electron chi connectivity index (χ2n) is 11.2. The minimum atomic E-state index is -0.556. The van der Waals surface area contributed by atoms with E-state index in [-0.39, 0.29) is 11.6 Å². The molecule has 0 saturated carbocycles. The SMILES string of the molecule is NC(=O)c1ccc(-c2cc3c(N(C(=O)c4ccc(-c5cnn6c5CCCC6)cc4F)[C@@H]4CCCNC4)nccc3s2)cc1. The van der Waals surface area contributed by atoms with Crippen LogP contribution in [0, 0.1) is 5.82 Å². The van der Waals surface area contributed by atoms with Crippen LogP contribution in [-0.4, -0.2) is 45.7 Å². The van der Waals surface area contributed by atoms with Crippen molar-refractivity contribution in [1.82, 2.24) is 20.1 Å². The van der Waals surface area contributed by atoms with Gasteiger partial charge in [-0.2, -0.15) is 5.10 Å². The first-order chi connectivity index (χ1) is 21.0. The van der Waals surface area contributed by atoms with Gasteiger partial charge in [-0.25, -0.2) is 9.37 Å². The monoisotopic (exact) mass is 594 g/mol. The van der Waals surface area contributed by atoms with Gasteiger partial charge in [0.05, 0.1) is 17.8 Å². The number of carbonyl (C=O) groups is 2. The van der Waals surface area contributed by atoms with Crippen LogP contribution in [0.3, 0.4) is 0 Å². The Balaban J connectivity index is 1.27. The molecule has 2 amide bonds. The largest absolute Gasteiger partial charge is 0.366 e. The molecule has 8 nitrogen and oxygen atoms in total. The molecule has 5 heterocycles. The summed E-state index contributed by atoms with van der Waals surface area (Å²) >= 11 is 1.57. The molecule has 0 aliphatic carbocycles. The van der Waals surface area contributed by atoms with Gasteiger partial charge in [0, 0.05) is 51.1 Å². The zero-order valence-electron chi connectivity index (χ0n) is 23.6. The summed E-state index contributed by atoms with van der Waals surface area (Å²) in [6, 6.07) is 15.8. The number of fused-ring (bicyclic) bond motifs is 2. The normalized spacial score (nSPS) is 16.6. The summed E-state index contributed by atoms with van der Waals surface area (Å²) in [4.78, 5) is 33.2. The third-order valence-corrected chi connectivity index (χ3v) is 9.60. The number of rotatable bonds is 6. The molecule has 5 aromatic rings. The van der Waals surface area contributed by atoms with Crippen molar-refractivity contribution in [2.45, 2.75) is 44.7 Å². The first-order valence-corrected chi connectivity index (χ1v) is 15.5. The molecular formula is C33H31FN6O2S. The highest BCUT2D eigenvalue weighted by molar-refractivity contribution is 7.22. The van der Waals surface area contributed by atoms with Gasteiger partial charge >= 0.3 is 0 Å². The van der Waals surface area contributed by atoms with Gasteiger partial charge in [-0.15, -0.1) is 11.3 Å². The van der Waals surface area contributed by atoms with Crippen LogP contribution in [0.2, 0.25) is 0 Å². The van der Waals surface area contributed by atoms with Gasteiger partial charge in [-0.3, -0.25) is 19.2 Å². The lowest BCUT2D eigenvalue weighted by Crippen LogP contribution is -2.49. The summed E-state index contributed by atoms with van der Waals surface area (Å²) in [6.45, 7) is 2.34. The molecule has 2 aromatic carbocycles. The summed E-state index contributed by atoms with van der Waals surface area (Å²) in [5.41, 5.74) is 9.58. The summed E-state index contributed by atoms with van der Waals surface area (Å²) in [7, 11) is 0. The quantitative estimate of drug-likeness (QED) is 0.259. The molecule has 0 spiro atoms. The van der Waals surface area contributed by atoms with E-state index in [2.05, 4.69) is 10.4 Å². The molecular weight excluding hydrogens is 563 g/mol. The van der Waals surface area contributed by atoms with Crippen LogP contribution in [0.25, 0.3) is 31.7 Å². The molecule has 43 heavy (non-hydrogen) atoms. The van der Waals surface area contributed by atoms with Gasteiger partial charge in [-0.05, 0) is 86.2 Å². The van der Waals surface area contributed by atoms with E-state index in [9.17, 15) is 9.59 Å². The number of piperidine rings is 1. The van der Waals surface area contributed by atoms with E-state index in [4.69, 9.17) is 10.7 Å². The van der Waals surface area contributed by atoms with Crippen LogP contribution < -0.4 is 16.0 Å². The number of carbonyl (C=O) groups excluding carboxylic acids is 2. The fraction of sp³-hybridized carbons (Fsp3) is 0.273. The summed E-state index contributed by atoms with van der Waals surface area (Å²) in [5.74, 6) is -0.927. The van der Waals surface area contributed by atoms with Crippen molar-refractivity contribution in [1.29, 1.82) is 0 Å². The number of nitrogens with zero attached hydrogens (tertiary/aromatic N) is 4. The van der Waals surface area contributed by atoms with E-state index in [0.29, 0.717) is 17.9 Å². The van der Waals surface area contributed by atoms with Gasteiger partial charge in [0.15, 0.2) is 0 Å². The van der Waals surface area contributed by atoms with Crippen LogP contribution in [-0.2, 0) is 13.0 Å². The molecule has 0 unspecified atom stereocenters. The van der Waals surface area contributed by atoms with Gasteiger partial charge in [0.2, 0.25) is 5.91 Å². The minimum absolute atomic E-state index is 0.0201. The van der Waals surface area contributed by atoms with Gasteiger partial charge in [0.25, 0.3) is 5.91 Å². The number of halogens is 1. The molecule has 1 atom stereocenters. The van der Waals surface area contributed by atoms with Gasteiger partial charge < -0.3 is 11.1 Å². The lowest BCUT2D eigenvalue weighted by molar-refractivity contribution is 0.0966. The highest BCUT2D eigenvalue weighted by atomic mass is 32.1. The Morgan fingerprint density at radius 2 is 1.88 bits per heavy atom. The number of pyridine rings is 1. The molecule has 3 N–H and O–H groups in total. The van der Waals surface area contributed by atoms with Crippen molar-refractivity contribution < 1.29 is 14.0 Å². The second-order valence-corrected chi connectivity index (χ2v) is 12.2. The number of hydrogen-bond donors (Lipinski definition) is 2. The highest BCUT2D eigenvalue weighted by Crippen LogP contribution is 2.39. The van der Waals surface area contributed by atoms with Crippen molar-refractivity contribution >= 4 is 39.1 Å². The van der Waals surface area contributed by atoms with Crippen LogP contribution in [0.1, 0.15) is 52.1 Å². The fourth-order valence-corrected chi connectivity index (χ4v) is 7.28. The number of nitrogens with two attached hydrogens (primary N) is 1. The van der Waals surface area contributed by atoms with Crippen molar-refractivity contribution in [2.24, 2.45) is 5.73 Å². The number of aryl methyl sites for hydroxylation is 1. The Morgan fingerprint density at radius 1 is 1.05 bits per heavy atom. The molecule has 1 fully saturated rings. The summed E-state index contributed by atoms with van der Waals surface area (Å²) in [6.07, 6.45) is 8.28. The predicted octanol–water partition coefficient (Wildman–Crippen LogP) is 5.80. The maximum atomic E-state index is 15.9. The number of nitrogens with one attached hydrogen (secondary N) is 1. The van der Waals surface area contributed by atoms with E-state index in [0.717, 1.165) is 82.5 Å². The molecule has 218 valence electrons. The summed E-state index contributed by atoms with van der Waals surface area (Å²) < 4.78 is 18.8. The zero-order chi connectivity index (χ0) is 29.5. The first-order valence-electron chi connectivity index (χ1n) is 14.7. The molecule has 0 radical (unpaired) electrons. The van der Waals surface area contributed by atoms with E-state index in [1.165, 1.54) is 6.07 Å². The topological polar surface area (TPSA) is 106 Å². The third kappa shape index (κ3) is 5.10. The van der Waals surface area contributed by atoms with Crippen LogP contribution in [0.5, 0.6) is 0 Å². The lowest BCUT2D eigenvalue weighted by Gasteiger charge is -2.34. The number of benzene rings is 2. The Hall–Kier alpha value is -4.41. The number of aromatic nitrogens is 3. The van der Waals surface area contributed by atoms with Gasteiger partial charge in [-0.1, -0.05) is 18.2 Å². The Morgan fingerprint density at radius 3 is 2.65 bits per heavy atom. The molecule has 2 aliphatic heterocycles. The van der Waals surface area contributed by atoms with Crippen molar-refractivity contribution in [3.8, 4) is 21.6 Å². The molecule has 1 saturated heterocycles. The average molecular weight is 595 g/mol. The third-order valence-electron chi connectivity index (χ3n) is 8.45. The lowest BCUT2D eigenvalue weighted by atomic mass is 9.98. The average Bonchev–Trinajstić information content (AvgIpc) is 3.67. The number of anilines is 1.